The van der Waals surface area contributed by atoms with Crippen molar-refractivity contribution in [3.63, 3.8) is 0 Å². The van der Waals surface area contributed by atoms with Crippen LogP contribution in [0.5, 0.6) is 5.75 Å². The van der Waals surface area contributed by atoms with Crippen molar-refractivity contribution in [2.75, 3.05) is 19.7 Å². The van der Waals surface area contributed by atoms with Crippen LogP contribution >= 0.6 is 0 Å². The van der Waals surface area contributed by atoms with E-state index in [0.29, 0.717) is 26.3 Å². The summed E-state index contributed by atoms with van der Waals surface area (Å²) in [5, 5.41) is 0. The van der Waals surface area contributed by atoms with Crippen molar-refractivity contribution in [3.05, 3.63) is 29.3 Å². The van der Waals surface area contributed by atoms with Gasteiger partial charge in [-0.2, -0.15) is 0 Å². The van der Waals surface area contributed by atoms with E-state index < -0.39 is 5.60 Å². The van der Waals surface area contributed by atoms with Crippen LogP contribution < -0.4 is 4.74 Å². The monoisotopic (exact) mass is 333 g/mol. The number of likely N-dealkylation sites (tertiary alicyclic amines) is 1. The highest BCUT2D eigenvalue weighted by atomic mass is 16.6. The van der Waals surface area contributed by atoms with Gasteiger partial charge in [-0.15, -0.1) is 0 Å². The number of nitrogens with zero attached hydrogens (tertiary/aromatic N) is 1. The van der Waals surface area contributed by atoms with Gasteiger partial charge in [-0.1, -0.05) is 12.1 Å². The molecule has 1 fully saturated rings. The third kappa shape index (κ3) is 3.09. The minimum atomic E-state index is -0.493. The molecule has 0 bridgehead atoms. The molecule has 132 valence electrons. The summed E-state index contributed by atoms with van der Waals surface area (Å²) < 4.78 is 17.5. The summed E-state index contributed by atoms with van der Waals surface area (Å²) in [6.07, 6.45) is -0.274. The van der Waals surface area contributed by atoms with Gasteiger partial charge in [-0.05, 0) is 46.2 Å². The fourth-order valence-electron chi connectivity index (χ4n) is 3.60. The zero-order chi connectivity index (χ0) is 17.5. The van der Waals surface area contributed by atoms with E-state index >= 15 is 0 Å². The molecule has 5 heteroatoms. The Morgan fingerprint density at radius 2 is 2.17 bits per heavy atom. The van der Waals surface area contributed by atoms with Crippen molar-refractivity contribution in [3.8, 4) is 5.75 Å². The highest BCUT2D eigenvalue weighted by Gasteiger charge is 2.50. The lowest BCUT2D eigenvalue weighted by molar-refractivity contribution is -0.0583. The molecule has 0 aliphatic carbocycles. The molecule has 0 N–H and O–H groups in total. The Morgan fingerprint density at radius 1 is 1.42 bits per heavy atom. The minimum absolute atomic E-state index is 0.133. The molecule has 24 heavy (non-hydrogen) atoms. The van der Waals surface area contributed by atoms with Crippen LogP contribution in [0.2, 0.25) is 0 Å². The molecule has 0 saturated carbocycles. The van der Waals surface area contributed by atoms with Gasteiger partial charge in [0, 0.05) is 18.0 Å². The van der Waals surface area contributed by atoms with Gasteiger partial charge in [0.25, 0.3) is 0 Å². The highest BCUT2D eigenvalue weighted by molar-refractivity contribution is 5.69. The molecule has 0 spiro atoms. The molecule has 0 aromatic heterocycles. The van der Waals surface area contributed by atoms with Crippen LogP contribution in [-0.2, 0) is 16.1 Å². The zero-order valence-corrected chi connectivity index (χ0v) is 15.2. The van der Waals surface area contributed by atoms with E-state index in [0.717, 1.165) is 11.3 Å². The van der Waals surface area contributed by atoms with Crippen LogP contribution in [0.3, 0.4) is 0 Å². The molecule has 2 aliphatic rings. The quantitative estimate of drug-likeness (QED) is 0.828. The standard InChI is InChI=1S/C19H27NO4/c1-6-22-16-9-7-8-13-14(16)11-23-19(5)12-20(10-15(13)19)17(21)24-18(2,3)4/h7-9,15H,6,10-12H2,1-5H3/t15-,19-/m0/s1. The first-order valence-electron chi connectivity index (χ1n) is 8.60. The largest absolute Gasteiger partial charge is 0.493 e. The number of benzene rings is 1. The van der Waals surface area contributed by atoms with Crippen LogP contribution in [-0.4, -0.2) is 41.9 Å². The summed E-state index contributed by atoms with van der Waals surface area (Å²) in [6.45, 7) is 12.0. The first kappa shape index (κ1) is 17.1. The normalized spacial score (nSPS) is 25.9. The van der Waals surface area contributed by atoms with Crippen molar-refractivity contribution in [1.82, 2.24) is 4.90 Å². The Bertz CT molecular complexity index is 637. The van der Waals surface area contributed by atoms with Crippen LogP contribution in [0, 0.1) is 0 Å². The zero-order valence-electron chi connectivity index (χ0n) is 15.2. The fourth-order valence-corrected chi connectivity index (χ4v) is 3.60. The van der Waals surface area contributed by atoms with E-state index in [2.05, 4.69) is 13.0 Å². The highest BCUT2D eigenvalue weighted by Crippen LogP contribution is 2.46. The maximum atomic E-state index is 12.5. The second kappa shape index (κ2) is 5.96. The SMILES string of the molecule is CCOc1cccc2c1CO[C@@]1(C)CN(C(=O)OC(C)(C)C)C[C@@H]21. The lowest BCUT2D eigenvalue weighted by Gasteiger charge is -2.37. The number of hydrogen-bond donors (Lipinski definition) is 0. The summed E-state index contributed by atoms with van der Waals surface area (Å²) in [5.41, 5.74) is 1.45. The summed E-state index contributed by atoms with van der Waals surface area (Å²) in [4.78, 5) is 14.2. The number of carbonyl (C=O) groups excluding carboxylic acids is 1. The average molecular weight is 333 g/mol. The van der Waals surface area contributed by atoms with Gasteiger partial charge in [-0.3, -0.25) is 0 Å². The molecular formula is C19H27NO4. The Labute approximate surface area is 143 Å². The van der Waals surface area contributed by atoms with Crippen LogP contribution in [0.4, 0.5) is 4.79 Å². The summed E-state index contributed by atoms with van der Waals surface area (Å²) in [6, 6.07) is 6.13. The van der Waals surface area contributed by atoms with E-state index in [-0.39, 0.29) is 17.6 Å². The Hall–Kier alpha value is -1.75. The summed E-state index contributed by atoms with van der Waals surface area (Å²) >= 11 is 0. The number of hydrogen-bond acceptors (Lipinski definition) is 4. The van der Waals surface area contributed by atoms with Gasteiger partial charge in [0.1, 0.15) is 11.4 Å². The van der Waals surface area contributed by atoms with Crippen LogP contribution in [0.1, 0.15) is 51.7 Å². The smallest absolute Gasteiger partial charge is 0.410 e. The Balaban J connectivity index is 1.86. The predicted molar refractivity (Wildman–Crippen MR) is 91.4 cm³/mol. The molecule has 2 aliphatic heterocycles. The van der Waals surface area contributed by atoms with Gasteiger partial charge in [0.05, 0.1) is 25.4 Å². The summed E-state index contributed by atoms with van der Waals surface area (Å²) in [7, 11) is 0. The fraction of sp³-hybridized carbons (Fsp3) is 0.632. The number of amides is 1. The molecule has 0 radical (unpaired) electrons. The lowest BCUT2D eigenvalue weighted by Crippen LogP contribution is -2.41. The molecule has 0 unspecified atom stereocenters. The molecule has 1 amide bonds. The number of ether oxygens (including phenoxy) is 3. The Morgan fingerprint density at radius 3 is 2.83 bits per heavy atom. The summed E-state index contributed by atoms with van der Waals surface area (Å²) in [5.74, 6) is 1.02. The van der Waals surface area contributed by atoms with E-state index in [1.54, 1.807) is 4.90 Å². The second-order valence-electron chi connectivity index (χ2n) is 7.77. The van der Waals surface area contributed by atoms with Gasteiger partial charge >= 0.3 is 6.09 Å². The molecule has 5 nitrogen and oxygen atoms in total. The van der Waals surface area contributed by atoms with E-state index in [1.165, 1.54) is 5.56 Å². The van der Waals surface area contributed by atoms with E-state index in [1.807, 2.05) is 39.8 Å². The first-order chi connectivity index (χ1) is 11.2. The van der Waals surface area contributed by atoms with Crippen molar-refractivity contribution < 1.29 is 19.0 Å². The molecular weight excluding hydrogens is 306 g/mol. The minimum Gasteiger partial charge on any atom is -0.493 e. The van der Waals surface area contributed by atoms with E-state index in [9.17, 15) is 4.79 Å². The third-order valence-corrected chi connectivity index (χ3v) is 4.69. The number of rotatable bonds is 2. The maximum absolute atomic E-state index is 12.5. The van der Waals surface area contributed by atoms with Crippen molar-refractivity contribution in [2.24, 2.45) is 0 Å². The predicted octanol–water partition coefficient (Wildman–Crippen LogP) is 3.71. The van der Waals surface area contributed by atoms with Crippen LogP contribution in [0.15, 0.2) is 18.2 Å². The van der Waals surface area contributed by atoms with Gasteiger partial charge in [0.15, 0.2) is 0 Å². The third-order valence-electron chi connectivity index (χ3n) is 4.69. The molecule has 2 heterocycles. The first-order valence-corrected chi connectivity index (χ1v) is 8.60. The van der Waals surface area contributed by atoms with E-state index in [4.69, 9.17) is 14.2 Å². The van der Waals surface area contributed by atoms with Crippen molar-refractivity contribution in [2.45, 2.75) is 58.3 Å². The molecule has 1 aromatic rings. The molecule has 1 saturated heterocycles. The van der Waals surface area contributed by atoms with Gasteiger partial charge in [-0.25, -0.2) is 4.79 Å². The molecule has 2 atom stereocenters. The van der Waals surface area contributed by atoms with Gasteiger partial charge in [0.2, 0.25) is 0 Å². The second-order valence-corrected chi connectivity index (χ2v) is 7.77. The maximum Gasteiger partial charge on any atom is 0.410 e. The molecule has 3 rings (SSSR count). The average Bonchev–Trinajstić information content (AvgIpc) is 2.84. The number of fused-ring (bicyclic) bond motifs is 3. The topological polar surface area (TPSA) is 48.0 Å². The van der Waals surface area contributed by atoms with Crippen molar-refractivity contribution in [1.29, 1.82) is 0 Å². The molecule has 1 aromatic carbocycles. The lowest BCUT2D eigenvalue weighted by atomic mass is 9.81. The van der Waals surface area contributed by atoms with Gasteiger partial charge < -0.3 is 19.1 Å². The van der Waals surface area contributed by atoms with Crippen LogP contribution in [0.25, 0.3) is 0 Å². The number of carbonyl (C=O) groups is 1. The van der Waals surface area contributed by atoms with Crippen molar-refractivity contribution >= 4 is 6.09 Å². The Kier molecular flexibility index (Phi) is 4.24.